The van der Waals surface area contributed by atoms with Crippen LogP contribution in [0, 0.1) is 0 Å². The van der Waals surface area contributed by atoms with Gasteiger partial charge in [-0.05, 0) is 46.8 Å². The number of thiophene rings is 1. The third kappa shape index (κ3) is 4.97. The summed E-state index contributed by atoms with van der Waals surface area (Å²) < 4.78 is 1.06. The summed E-state index contributed by atoms with van der Waals surface area (Å²) >= 11 is 4.96. The first kappa shape index (κ1) is 14.9. The van der Waals surface area contributed by atoms with E-state index in [0.717, 1.165) is 9.35 Å². The molecule has 1 aromatic rings. The number of hydrogen-bond acceptors (Lipinski definition) is 3. The van der Waals surface area contributed by atoms with Crippen LogP contribution in [0.2, 0.25) is 0 Å². The van der Waals surface area contributed by atoms with Crippen molar-refractivity contribution in [2.45, 2.75) is 25.9 Å². The van der Waals surface area contributed by atoms with Gasteiger partial charge in [-0.1, -0.05) is 0 Å². The first-order valence-electron chi connectivity index (χ1n) is 4.19. The Labute approximate surface area is 108 Å². The Morgan fingerprint density at radius 3 is 2.67 bits per heavy atom. The molecule has 1 aromatic heterocycles. The van der Waals surface area contributed by atoms with Crippen molar-refractivity contribution in [3.8, 4) is 0 Å². The van der Waals surface area contributed by atoms with Gasteiger partial charge in [-0.2, -0.15) is 0 Å². The van der Waals surface area contributed by atoms with Crippen LogP contribution in [0.4, 0.5) is 0 Å². The highest BCUT2D eigenvalue weighted by atomic mass is 79.9. The molecule has 0 spiro atoms. The van der Waals surface area contributed by atoms with Crippen molar-refractivity contribution in [2.75, 3.05) is 0 Å². The highest BCUT2D eigenvalue weighted by Gasteiger charge is 2.21. The largest absolute Gasteiger partial charge is 0.350 e. The summed E-state index contributed by atoms with van der Waals surface area (Å²) in [5.41, 5.74) is 5.90. The minimum absolute atomic E-state index is 0. The lowest BCUT2D eigenvalue weighted by atomic mass is 10.1. The molecule has 0 bridgehead atoms. The van der Waals surface area contributed by atoms with E-state index in [0.29, 0.717) is 6.54 Å². The van der Waals surface area contributed by atoms with Crippen LogP contribution < -0.4 is 11.1 Å². The van der Waals surface area contributed by atoms with Gasteiger partial charge in [0.05, 0.1) is 9.33 Å². The number of hydrogen-bond donors (Lipinski definition) is 2. The van der Waals surface area contributed by atoms with E-state index >= 15 is 0 Å². The van der Waals surface area contributed by atoms with E-state index in [4.69, 9.17) is 5.73 Å². The van der Waals surface area contributed by atoms with Crippen LogP contribution in [0.5, 0.6) is 0 Å². The van der Waals surface area contributed by atoms with Gasteiger partial charge in [-0.25, -0.2) is 0 Å². The Morgan fingerprint density at radius 1 is 1.67 bits per heavy atom. The van der Waals surface area contributed by atoms with Gasteiger partial charge in [0.25, 0.3) is 0 Å². The number of carbonyl (C=O) groups is 1. The fraction of sp³-hybridized carbons (Fsp3) is 0.444. The van der Waals surface area contributed by atoms with Gasteiger partial charge < -0.3 is 11.1 Å². The second-order valence-electron chi connectivity index (χ2n) is 3.66. The molecule has 6 heteroatoms. The van der Waals surface area contributed by atoms with Crippen LogP contribution in [0.25, 0.3) is 0 Å². The summed E-state index contributed by atoms with van der Waals surface area (Å²) in [6, 6.07) is 1.98. The molecule has 0 aliphatic heterocycles. The van der Waals surface area contributed by atoms with Crippen molar-refractivity contribution >= 4 is 45.6 Å². The van der Waals surface area contributed by atoms with Crippen LogP contribution in [0.1, 0.15) is 19.4 Å². The molecule has 3 N–H and O–H groups in total. The molecule has 0 fully saturated rings. The van der Waals surface area contributed by atoms with Crippen LogP contribution in [-0.4, -0.2) is 11.4 Å². The highest BCUT2D eigenvalue weighted by Crippen LogP contribution is 2.20. The molecule has 0 aliphatic carbocycles. The molecule has 3 nitrogen and oxygen atoms in total. The van der Waals surface area contributed by atoms with E-state index in [2.05, 4.69) is 21.2 Å². The maximum atomic E-state index is 11.4. The van der Waals surface area contributed by atoms with Crippen molar-refractivity contribution in [1.29, 1.82) is 0 Å². The molecule has 0 aromatic carbocycles. The molecule has 0 atom stereocenters. The zero-order chi connectivity index (χ0) is 10.8. The zero-order valence-electron chi connectivity index (χ0n) is 8.54. The van der Waals surface area contributed by atoms with Gasteiger partial charge in [0.2, 0.25) is 5.91 Å². The van der Waals surface area contributed by atoms with E-state index in [-0.39, 0.29) is 18.3 Å². The number of halogens is 2. The van der Waals surface area contributed by atoms with Crippen LogP contribution in [0.15, 0.2) is 15.2 Å². The number of carbonyl (C=O) groups excluding carboxylic acids is 1. The molecule has 1 heterocycles. The quantitative estimate of drug-likeness (QED) is 0.899. The van der Waals surface area contributed by atoms with Crippen molar-refractivity contribution in [3.63, 3.8) is 0 Å². The Morgan fingerprint density at radius 2 is 2.27 bits per heavy atom. The van der Waals surface area contributed by atoms with E-state index in [1.807, 2.05) is 11.4 Å². The number of amides is 1. The van der Waals surface area contributed by atoms with Crippen LogP contribution in [-0.2, 0) is 11.3 Å². The molecule has 1 amide bonds. The van der Waals surface area contributed by atoms with E-state index in [9.17, 15) is 4.79 Å². The monoisotopic (exact) mass is 312 g/mol. The summed E-state index contributed by atoms with van der Waals surface area (Å²) in [7, 11) is 0. The van der Waals surface area contributed by atoms with Gasteiger partial charge in [-0.3, -0.25) is 4.79 Å². The normalized spacial score (nSPS) is 10.7. The minimum Gasteiger partial charge on any atom is -0.350 e. The second kappa shape index (κ2) is 5.84. The van der Waals surface area contributed by atoms with Gasteiger partial charge >= 0.3 is 0 Å². The lowest BCUT2D eigenvalue weighted by Gasteiger charge is -2.17. The summed E-state index contributed by atoms with van der Waals surface area (Å²) in [5, 5.41) is 4.77. The predicted molar refractivity (Wildman–Crippen MR) is 69.4 cm³/mol. The van der Waals surface area contributed by atoms with Gasteiger partial charge in [0.1, 0.15) is 0 Å². The SMILES string of the molecule is CC(C)(N)C(=O)NCc1csc(Br)c1.Cl. The maximum absolute atomic E-state index is 11.4. The average molecular weight is 314 g/mol. The first-order valence-corrected chi connectivity index (χ1v) is 5.87. The first-order chi connectivity index (χ1) is 6.39. The highest BCUT2D eigenvalue weighted by molar-refractivity contribution is 9.11. The van der Waals surface area contributed by atoms with Gasteiger partial charge in [-0.15, -0.1) is 23.7 Å². The molecule has 0 saturated carbocycles. The lowest BCUT2D eigenvalue weighted by molar-refractivity contribution is -0.125. The Balaban J connectivity index is 0.00000196. The molecule has 1 rings (SSSR count). The van der Waals surface area contributed by atoms with E-state index < -0.39 is 5.54 Å². The average Bonchev–Trinajstić information content (AvgIpc) is 2.45. The minimum atomic E-state index is -0.812. The molecular formula is C9H14BrClN2OS. The summed E-state index contributed by atoms with van der Waals surface area (Å²) in [6.45, 7) is 3.90. The zero-order valence-corrected chi connectivity index (χ0v) is 11.8. The Kier molecular flexibility index (Phi) is 5.80. The fourth-order valence-electron chi connectivity index (χ4n) is 0.849. The molecule has 0 radical (unpaired) electrons. The van der Waals surface area contributed by atoms with Crippen molar-refractivity contribution < 1.29 is 4.79 Å². The maximum Gasteiger partial charge on any atom is 0.239 e. The van der Waals surface area contributed by atoms with Crippen LogP contribution >= 0.6 is 39.7 Å². The third-order valence-corrected chi connectivity index (χ3v) is 3.21. The molecule has 0 saturated heterocycles. The molecule has 0 aliphatic rings. The topological polar surface area (TPSA) is 55.1 Å². The summed E-state index contributed by atoms with van der Waals surface area (Å²) in [4.78, 5) is 11.4. The second-order valence-corrected chi connectivity index (χ2v) is 5.95. The molecule has 0 unspecified atom stereocenters. The molecule has 15 heavy (non-hydrogen) atoms. The fourth-order valence-corrected chi connectivity index (χ4v) is 2.06. The number of rotatable bonds is 3. The third-order valence-electron chi connectivity index (χ3n) is 1.66. The molecular weight excluding hydrogens is 300 g/mol. The number of nitrogens with one attached hydrogen (secondary N) is 1. The van der Waals surface area contributed by atoms with Crippen molar-refractivity contribution in [2.24, 2.45) is 5.73 Å². The smallest absolute Gasteiger partial charge is 0.239 e. The van der Waals surface area contributed by atoms with Crippen molar-refractivity contribution in [1.82, 2.24) is 5.32 Å². The number of nitrogens with two attached hydrogens (primary N) is 1. The predicted octanol–water partition coefficient (Wildman–Crippen LogP) is 2.29. The van der Waals surface area contributed by atoms with Crippen molar-refractivity contribution in [3.05, 3.63) is 20.8 Å². The van der Waals surface area contributed by atoms with E-state index in [1.54, 1.807) is 25.2 Å². The van der Waals surface area contributed by atoms with E-state index in [1.165, 1.54) is 0 Å². The van der Waals surface area contributed by atoms with Crippen LogP contribution in [0.3, 0.4) is 0 Å². The Hall–Kier alpha value is -0.100. The standard InChI is InChI=1S/C9H13BrN2OS.ClH/c1-9(2,11)8(13)12-4-6-3-7(10)14-5-6;/h3,5H,4,11H2,1-2H3,(H,12,13);1H. The van der Waals surface area contributed by atoms with Gasteiger partial charge in [0.15, 0.2) is 0 Å². The summed E-state index contributed by atoms with van der Waals surface area (Å²) in [5.74, 6) is -0.139. The lowest BCUT2D eigenvalue weighted by Crippen LogP contribution is -2.48. The Bertz CT molecular complexity index is 335. The van der Waals surface area contributed by atoms with Gasteiger partial charge in [0, 0.05) is 6.54 Å². The molecule has 86 valence electrons. The summed E-state index contributed by atoms with van der Waals surface area (Å²) in [6.07, 6.45) is 0.